The van der Waals surface area contributed by atoms with E-state index in [0.717, 1.165) is 29.2 Å². The van der Waals surface area contributed by atoms with Gasteiger partial charge >= 0.3 is 11.5 Å². The second-order valence-corrected chi connectivity index (χ2v) is 4.28. The average molecular weight is 244 g/mol. The lowest BCUT2D eigenvalue weighted by molar-refractivity contribution is -0.500. The number of rotatable bonds is 2. The largest absolute Gasteiger partial charge is 0.476 e. The van der Waals surface area contributed by atoms with Crippen LogP contribution in [0.2, 0.25) is 0 Å². The highest BCUT2D eigenvalue weighted by molar-refractivity contribution is 5.53. The molecule has 0 saturated heterocycles. The summed E-state index contributed by atoms with van der Waals surface area (Å²) in [5.74, 6) is 1.53. The van der Waals surface area contributed by atoms with E-state index in [0.29, 0.717) is 6.61 Å². The number of H-pyrrole nitrogens is 1. The molecule has 1 aromatic carbocycles. The normalized spacial score (nSPS) is 12.5. The third-order valence-corrected chi connectivity index (χ3v) is 3.08. The minimum atomic E-state index is -0.0923. The first-order chi connectivity index (χ1) is 8.72. The lowest BCUT2D eigenvalue weighted by Crippen LogP contribution is -2.26. The van der Waals surface area contributed by atoms with Crippen LogP contribution in [0.15, 0.2) is 35.6 Å². The summed E-state index contributed by atoms with van der Waals surface area (Å²) in [4.78, 5) is 12.1. The van der Waals surface area contributed by atoms with Gasteiger partial charge < -0.3 is 4.74 Å². The molecule has 5 nitrogen and oxygen atoms in total. The van der Waals surface area contributed by atoms with Crippen molar-refractivity contribution in [2.75, 3.05) is 0 Å². The van der Waals surface area contributed by atoms with Gasteiger partial charge in [0.05, 0.1) is 7.05 Å². The lowest BCUT2D eigenvalue weighted by Gasteiger charge is -2.15. The van der Waals surface area contributed by atoms with Gasteiger partial charge in [-0.2, -0.15) is 5.10 Å². The van der Waals surface area contributed by atoms with Crippen molar-refractivity contribution in [1.29, 1.82) is 0 Å². The van der Waals surface area contributed by atoms with Crippen LogP contribution >= 0.6 is 0 Å². The zero-order valence-electron chi connectivity index (χ0n) is 10.1. The summed E-state index contributed by atoms with van der Waals surface area (Å²) >= 11 is 0. The summed E-state index contributed by atoms with van der Waals surface area (Å²) < 4.78 is 8.86. The molecule has 1 N–H and O–H groups in total. The fraction of sp³-hybridized carbons (Fsp3) is 0.231. The highest BCUT2D eigenvalue weighted by Gasteiger charge is 2.30. The van der Waals surface area contributed by atoms with Gasteiger partial charge in [-0.1, -0.05) is 18.2 Å². The molecular weight excluding hydrogens is 230 g/mol. The maximum Gasteiger partial charge on any atom is 0.451 e. The predicted octanol–water partition coefficient (Wildman–Crippen LogP) is 0.611. The molecule has 0 amide bonds. The molecule has 1 aliphatic heterocycles. The Morgan fingerprint density at radius 2 is 2.39 bits per heavy atom. The molecule has 1 aromatic heterocycles. The maximum atomic E-state index is 12.1. The van der Waals surface area contributed by atoms with E-state index >= 15 is 0 Å². The van der Waals surface area contributed by atoms with Crippen LogP contribution in [0.4, 0.5) is 0 Å². The van der Waals surface area contributed by atoms with E-state index in [1.165, 1.54) is 4.68 Å². The van der Waals surface area contributed by atoms with Gasteiger partial charge in [-0.3, -0.25) is 0 Å². The van der Waals surface area contributed by atoms with Crippen molar-refractivity contribution in [1.82, 2.24) is 9.25 Å². The molecule has 0 radical (unpaired) electrons. The third-order valence-electron chi connectivity index (χ3n) is 3.08. The SMILES string of the molecule is C=CCc1cccc2c1OCc1[nH+]n(C)c(=O)n1-2. The number of hydrogen-bond donors (Lipinski definition) is 0. The molecule has 0 bridgehead atoms. The highest BCUT2D eigenvalue weighted by Crippen LogP contribution is 2.31. The molecular formula is C13H14N3O2+. The first-order valence-electron chi connectivity index (χ1n) is 5.78. The Morgan fingerprint density at radius 1 is 1.56 bits per heavy atom. The summed E-state index contributed by atoms with van der Waals surface area (Å²) in [7, 11) is 1.70. The molecule has 0 atom stereocenters. The van der Waals surface area contributed by atoms with Gasteiger partial charge in [-0.05, 0) is 12.5 Å². The van der Waals surface area contributed by atoms with Crippen molar-refractivity contribution < 1.29 is 9.84 Å². The predicted molar refractivity (Wildman–Crippen MR) is 65.8 cm³/mol. The molecule has 92 valence electrons. The molecule has 0 fully saturated rings. The third kappa shape index (κ3) is 1.40. The number of aryl methyl sites for hydroxylation is 1. The van der Waals surface area contributed by atoms with Crippen molar-refractivity contribution in [3.05, 3.63) is 52.7 Å². The fourth-order valence-electron chi connectivity index (χ4n) is 2.27. The summed E-state index contributed by atoms with van der Waals surface area (Å²) in [6, 6.07) is 5.80. The summed E-state index contributed by atoms with van der Waals surface area (Å²) in [5, 5.41) is 2.98. The second-order valence-electron chi connectivity index (χ2n) is 4.28. The number of nitrogens with one attached hydrogen (secondary N) is 1. The van der Waals surface area contributed by atoms with Crippen molar-refractivity contribution in [2.24, 2.45) is 7.05 Å². The van der Waals surface area contributed by atoms with Crippen molar-refractivity contribution in [3.8, 4) is 11.4 Å². The van der Waals surface area contributed by atoms with Crippen LogP contribution in [-0.4, -0.2) is 9.25 Å². The van der Waals surface area contributed by atoms with E-state index < -0.39 is 0 Å². The number of benzene rings is 1. The van der Waals surface area contributed by atoms with Gasteiger partial charge in [-0.15, -0.1) is 15.8 Å². The van der Waals surface area contributed by atoms with Gasteiger partial charge in [0.1, 0.15) is 0 Å². The van der Waals surface area contributed by atoms with E-state index in [1.807, 2.05) is 24.3 Å². The minimum Gasteiger partial charge on any atom is -0.476 e. The molecule has 3 rings (SSSR count). The van der Waals surface area contributed by atoms with Crippen LogP contribution in [0, 0.1) is 0 Å². The minimum absolute atomic E-state index is 0.0923. The number of allylic oxidation sites excluding steroid dienone is 1. The van der Waals surface area contributed by atoms with Crippen LogP contribution in [0.1, 0.15) is 11.4 Å². The van der Waals surface area contributed by atoms with Crippen LogP contribution in [0.25, 0.3) is 5.69 Å². The first-order valence-corrected chi connectivity index (χ1v) is 5.78. The summed E-state index contributed by atoms with van der Waals surface area (Å²) in [5.41, 5.74) is 1.74. The maximum absolute atomic E-state index is 12.1. The van der Waals surface area contributed by atoms with Gasteiger partial charge in [0.2, 0.25) is 0 Å². The Bertz CT molecular complexity index is 682. The molecule has 18 heavy (non-hydrogen) atoms. The Morgan fingerprint density at radius 3 is 3.17 bits per heavy atom. The monoisotopic (exact) mass is 244 g/mol. The zero-order chi connectivity index (χ0) is 12.7. The number of hydrogen-bond acceptors (Lipinski definition) is 2. The smallest absolute Gasteiger partial charge is 0.451 e. The zero-order valence-corrected chi connectivity index (χ0v) is 10.1. The molecule has 0 aliphatic carbocycles. The lowest BCUT2D eigenvalue weighted by atomic mass is 10.1. The van der Waals surface area contributed by atoms with Gasteiger partial charge in [0.25, 0.3) is 0 Å². The number of ether oxygens (including phenoxy) is 1. The topological polar surface area (TPSA) is 50.3 Å². The van der Waals surface area contributed by atoms with Crippen molar-refractivity contribution >= 4 is 0 Å². The average Bonchev–Trinajstić information content (AvgIpc) is 2.66. The highest BCUT2D eigenvalue weighted by atomic mass is 16.5. The number of fused-ring (bicyclic) bond motifs is 3. The molecule has 1 aliphatic rings. The van der Waals surface area contributed by atoms with Crippen molar-refractivity contribution in [2.45, 2.75) is 13.0 Å². The van der Waals surface area contributed by atoms with Gasteiger partial charge in [0.15, 0.2) is 18.0 Å². The van der Waals surface area contributed by atoms with E-state index in [2.05, 4.69) is 11.7 Å². The molecule has 0 unspecified atom stereocenters. The number of aromatic amines is 1. The number of aromatic nitrogens is 3. The molecule has 2 heterocycles. The molecule has 0 spiro atoms. The summed E-state index contributed by atoms with van der Waals surface area (Å²) in [6.07, 6.45) is 2.55. The van der Waals surface area contributed by atoms with Crippen LogP contribution < -0.4 is 15.5 Å². The molecule has 5 heteroatoms. The standard InChI is InChI=1S/C13H13N3O2/c1-3-5-9-6-4-7-10-12(9)18-8-11-14-15(2)13(17)16(10)11/h3-4,6-7H,1,5,8H2,2H3/p+1. The summed E-state index contributed by atoms with van der Waals surface area (Å²) in [6.45, 7) is 4.11. The Labute approximate surface area is 104 Å². The Kier molecular flexibility index (Phi) is 2.33. The van der Waals surface area contributed by atoms with E-state index in [1.54, 1.807) is 11.6 Å². The Hall–Kier alpha value is -2.30. The first kappa shape index (κ1) is 10.8. The van der Waals surface area contributed by atoms with Crippen molar-refractivity contribution in [3.63, 3.8) is 0 Å². The van der Waals surface area contributed by atoms with Crippen LogP contribution in [0.3, 0.4) is 0 Å². The van der Waals surface area contributed by atoms with Gasteiger partial charge in [-0.25, -0.2) is 4.79 Å². The van der Waals surface area contributed by atoms with Gasteiger partial charge in [0, 0.05) is 5.56 Å². The molecule has 2 aromatic rings. The molecule has 0 saturated carbocycles. The fourth-order valence-corrected chi connectivity index (χ4v) is 2.27. The van der Waals surface area contributed by atoms with E-state index in [-0.39, 0.29) is 5.69 Å². The van der Waals surface area contributed by atoms with E-state index in [4.69, 9.17) is 4.74 Å². The Balaban J connectivity index is 2.27. The van der Waals surface area contributed by atoms with Crippen LogP contribution in [0.5, 0.6) is 5.75 Å². The second kappa shape index (κ2) is 3.87. The van der Waals surface area contributed by atoms with E-state index in [9.17, 15) is 4.79 Å². The quantitative estimate of drug-likeness (QED) is 0.727. The number of para-hydroxylation sites is 1. The van der Waals surface area contributed by atoms with Crippen LogP contribution in [-0.2, 0) is 20.1 Å². The number of nitrogens with zero attached hydrogens (tertiary/aromatic N) is 2.